The molecule has 1 saturated heterocycles. The lowest BCUT2D eigenvalue weighted by atomic mass is 10.0. The smallest absolute Gasteiger partial charge is 0.228 e. The summed E-state index contributed by atoms with van der Waals surface area (Å²) in [6, 6.07) is -0.118. The SMILES string of the molecule is CS(=O)(=O)C1C=CN2C(=O)C[C@@H]12. The van der Waals surface area contributed by atoms with Gasteiger partial charge >= 0.3 is 0 Å². The molecule has 66 valence electrons. The lowest BCUT2D eigenvalue weighted by Crippen LogP contribution is -2.52. The van der Waals surface area contributed by atoms with Gasteiger partial charge in [0.1, 0.15) is 5.25 Å². The number of sulfone groups is 1. The van der Waals surface area contributed by atoms with Crippen LogP contribution in [0.1, 0.15) is 6.42 Å². The van der Waals surface area contributed by atoms with E-state index in [4.69, 9.17) is 0 Å². The lowest BCUT2D eigenvalue weighted by Gasteiger charge is -2.35. The number of nitrogens with zero attached hydrogens (tertiary/aromatic N) is 1. The van der Waals surface area contributed by atoms with Gasteiger partial charge in [-0.3, -0.25) is 4.79 Å². The Morgan fingerprint density at radius 1 is 1.58 bits per heavy atom. The first kappa shape index (κ1) is 7.79. The summed E-state index contributed by atoms with van der Waals surface area (Å²) >= 11 is 0. The fourth-order valence-electron chi connectivity index (χ4n) is 1.66. The van der Waals surface area contributed by atoms with Crippen LogP contribution in [-0.4, -0.2) is 36.8 Å². The Morgan fingerprint density at radius 2 is 2.25 bits per heavy atom. The maximum Gasteiger partial charge on any atom is 0.228 e. The first-order chi connectivity index (χ1) is 5.50. The molecule has 1 unspecified atom stereocenters. The highest BCUT2D eigenvalue weighted by atomic mass is 32.2. The van der Waals surface area contributed by atoms with Crippen LogP contribution in [0.2, 0.25) is 0 Å². The molecule has 0 aromatic rings. The van der Waals surface area contributed by atoms with Gasteiger partial charge in [-0.1, -0.05) is 0 Å². The Kier molecular flexibility index (Phi) is 1.36. The highest BCUT2D eigenvalue weighted by molar-refractivity contribution is 7.91. The molecule has 5 heteroatoms. The van der Waals surface area contributed by atoms with Gasteiger partial charge in [-0.15, -0.1) is 0 Å². The van der Waals surface area contributed by atoms with Crippen molar-refractivity contribution in [3.63, 3.8) is 0 Å². The molecule has 2 rings (SSSR count). The molecule has 0 bridgehead atoms. The van der Waals surface area contributed by atoms with Crippen molar-refractivity contribution in [2.45, 2.75) is 17.7 Å². The maximum absolute atomic E-state index is 11.1. The number of hydrogen-bond donors (Lipinski definition) is 0. The summed E-state index contributed by atoms with van der Waals surface area (Å²) in [6.07, 6.45) is 4.73. The predicted octanol–water partition coefficient (Wildman–Crippen LogP) is -0.472. The zero-order valence-corrected chi connectivity index (χ0v) is 7.41. The number of amides is 1. The summed E-state index contributed by atoms with van der Waals surface area (Å²) < 4.78 is 22.3. The van der Waals surface area contributed by atoms with E-state index < -0.39 is 15.1 Å². The van der Waals surface area contributed by atoms with Crippen molar-refractivity contribution in [3.8, 4) is 0 Å². The molecule has 2 aliphatic rings. The van der Waals surface area contributed by atoms with Gasteiger partial charge in [-0.25, -0.2) is 8.42 Å². The second-order valence-corrected chi connectivity index (χ2v) is 5.41. The molecule has 0 radical (unpaired) electrons. The third-order valence-electron chi connectivity index (χ3n) is 2.34. The van der Waals surface area contributed by atoms with Crippen molar-refractivity contribution < 1.29 is 13.2 Å². The van der Waals surface area contributed by atoms with E-state index in [1.165, 1.54) is 11.2 Å². The Hall–Kier alpha value is -0.840. The molecule has 1 amide bonds. The Bertz CT molecular complexity index is 357. The number of fused-ring (bicyclic) bond motifs is 1. The molecule has 0 aromatic heterocycles. The van der Waals surface area contributed by atoms with Crippen LogP contribution in [0.5, 0.6) is 0 Å². The summed E-state index contributed by atoms with van der Waals surface area (Å²) in [5.74, 6) is 0.0161. The Labute approximate surface area is 70.8 Å². The van der Waals surface area contributed by atoms with Gasteiger partial charge in [0.15, 0.2) is 9.84 Å². The molecule has 0 spiro atoms. The minimum absolute atomic E-state index is 0.0161. The second-order valence-electron chi connectivity index (χ2n) is 3.21. The summed E-state index contributed by atoms with van der Waals surface area (Å²) in [7, 11) is -3.04. The minimum Gasteiger partial charge on any atom is -0.314 e. The summed E-state index contributed by atoms with van der Waals surface area (Å²) in [5.41, 5.74) is 0. The fourth-order valence-corrected chi connectivity index (χ4v) is 2.81. The number of hydrogen-bond acceptors (Lipinski definition) is 3. The number of β-lactam (4-membered cyclic amide) rings is 1. The summed E-state index contributed by atoms with van der Waals surface area (Å²) in [5, 5.41) is -0.477. The van der Waals surface area contributed by atoms with E-state index in [9.17, 15) is 13.2 Å². The van der Waals surface area contributed by atoms with Crippen LogP contribution in [-0.2, 0) is 14.6 Å². The van der Waals surface area contributed by atoms with Crippen LogP contribution < -0.4 is 0 Å². The maximum atomic E-state index is 11.1. The van der Waals surface area contributed by atoms with Crippen molar-refractivity contribution in [3.05, 3.63) is 12.3 Å². The monoisotopic (exact) mass is 187 g/mol. The number of carbonyl (C=O) groups is 1. The molecule has 0 N–H and O–H groups in total. The summed E-state index contributed by atoms with van der Waals surface area (Å²) in [4.78, 5) is 12.4. The third kappa shape index (κ3) is 0.891. The van der Waals surface area contributed by atoms with Crippen molar-refractivity contribution in [2.75, 3.05) is 6.26 Å². The van der Waals surface area contributed by atoms with E-state index in [0.717, 1.165) is 0 Å². The molecular weight excluding hydrogens is 178 g/mol. The predicted molar refractivity (Wildman–Crippen MR) is 43.0 cm³/mol. The highest BCUT2D eigenvalue weighted by Crippen LogP contribution is 2.31. The van der Waals surface area contributed by atoms with E-state index in [2.05, 4.69) is 0 Å². The molecule has 12 heavy (non-hydrogen) atoms. The number of carbonyl (C=O) groups excluding carboxylic acids is 1. The zero-order chi connectivity index (χ0) is 8.93. The molecule has 1 fully saturated rings. The quantitative estimate of drug-likeness (QED) is 0.521. The average Bonchev–Trinajstić information content (AvgIpc) is 2.24. The average molecular weight is 187 g/mol. The van der Waals surface area contributed by atoms with Crippen LogP contribution in [0.15, 0.2) is 12.3 Å². The normalized spacial score (nSPS) is 33.4. The third-order valence-corrected chi connectivity index (χ3v) is 3.80. The van der Waals surface area contributed by atoms with Crippen molar-refractivity contribution in [2.24, 2.45) is 0 Å². The van der Waals surface area contributed by atoms with E-state index >= 15 is 0 Å². The first-order valence-corrected chi connectivity index (χ1v) is 5.64. The lowest BCUT2D eigenvalue weighted by molar-refractivity contribution is -0.139. The van der Waals surface area contributed by atoms with Crippen LogP contribution in [0.3, 0.4) is 0 Å². The van der Waals surface area contributed by atoms with Crippen molar-refractivity contribution >= 4 is 15.7 Å². The second kappa shape index (κ2) is 2.10. The van der Waals surface area contributed by atoms with Gasteiger partial charge in [0.25, 0.3) is 0 Å². The zero-order valence-electron chi connectivity index (χ0n) is 6.60. The largest absolute Gasteiger partial charge is 0.314 e. The topological polar surface area (TPSA) is 54.5 Å². The fraction of sp³-hybridized carbons (Fsp3) is 0.571. The molecule has 4 nitrogen and oxygen atoms in total. The number of rotatable bonds is 1. The van der Waals surface area contributed by atoms with Gasteiger partial charge < -0.3 is 4.90 Å². The van der Waals surface area contributed by atoms with Gasteiger partial charge in [0, 0.05) is 18.9 Å². The van der Waals surface area contributed by atoms with E-state index in [-0.39, 0.29) is 11.9 Å². The Morgan fingerprint density at radius 3 is 2.67 bits per heavy atom. The minimum atomic E-state index is -3.04. The van der Waals surface area contributed by atoms with E-state index in [1.807, 2.05) is 0 Å². The van der Waals surface area contributed by atoms with Gasteiger partial charge in [-0.05, 0) is 6.08 Å². The van der Waals surface area contributed by atoms with Crippen molar-refractivity contribution in [1.82, 2.24) is 4.90 Å². The molecule has 0 saturated carbocycles. The molecule has 0 aromatic carbocycles. The van der Waals surface area contributed by atoms with Gasteiger partial charge in [0.05, 0.1) is 6.04 Å². The molecule has 2 heterocycles. The highest BCUT2D eigenvalue weighted by Gasteiger charge is 2.46. The van der Waals surface area contributed by atoms with Gasteiger partial charge in [0.2, 0.25) is 5.91 Å². The van der Waals surface area contributed by atoms with Crippen LogP contribution in [0.25, 0.3) is 0 Å². The standard InChI is InChI=1S/C7H9NO3S/c1-12(10,11)6-2-3-8-5(6)4-7(8)9/h2-3,5-6H,4H2,1H3/t5-,6?/m0/s1. The van der Waals surface area contributed by atoms with E-state index in [0.29, 0.717) is 6.42 Å². The molecule has 2 aliphatic heterocycles. The Balaban J connectivity index is 2.26. The van der Waals surface area contributed by atoms with Crippen LogP contribution in [0, 0.1) is 0 Å². The summed E-state index contributed by atoms with van der Waals surface area (Å²) in [6.45, 7) is 0. The van der Waals surface area contributed by atoms with Crippen LogP contribution >= 0.6 is 0 Å². The molecule has 2 atom stereocenters. The van der Waals surface area contributed by atoms with Gasteiger partial charge in [-0.2, -0.15) is 0 Å². The molecule has 0 aliphatic carbocycles. The van der Waals surface area contributed by atoms with E-state index in [1.54, 1.807) is 12.3 Å². The van der Waals surface area contributed by atoms with Crippen LogP contribution in [0.4, 0.5) is 0 Å². The first-order valence-electron chi connectivity index (χ1n) is 3.68. The molecular formula is C7H9NO3S. The van der Waals surface area contributed by atoms with Crippen molar-refractivity contribution in [1.29, 1.82) is 0 Å².